The number of aliphatic imine (C=N–C) groups is 1. The Morgan fingerprint density at radius 3 is 2.67 bits per heavy atom. The normalized spacial score (nSPS) is 17.1. The molecule has 1 fully saturated rings. The molecule has 1 aliphatic rings. The first kappa shape index (κ1) is 18.9. The van der Waals surface area contributed by atoms with Crippen LogP contribution < -0.4 is 0 Å². The molecule has 0 radical (unpaired) electrons. The number of nitro groups is 1. The second-order valence-corrected chi connectivity index (χ2v) is 7.44. The van der Waals surface area contributed by atoms with Gasteiger partial charge in [-0.15, -0.1) is 16.8 Å². The Labute approximate surface area is 163 Å². The van der Waals surface area contributed by atoms with Gasteiger partial charge in [0.2, 0.25) is 5.13 Å². The smallest absolute Gasteiger partial charge is 0.269 e. The first-order valence-corrected chi connectivity index (χ1v) is 9.63. The summed E-state index contributed by atoms with van der Waals surface area (Å²) in [5.41, 5.74) is 0.696. The van der Waals surface area contributed by atoms with E-state index in [1.54, 1.807) is 24.3 Å². The van der Waals surface area contributed by atoms with Gasteiger partial charge in [0.1, 0.15) is 5.01 Å². The molecule has 2 aromatic rings. The number of thioether (sulfide) groups is 1. The summed E-state index contributed by atoms with van der Waals surface area (Å²) in [6.45, 7) is 5.99. The van der Waals surface area contributed by atoms with E-state index in [9.17, 15) is 14.9 Å². The fourth-order valence-corrected chi connectivity index (χ4v) is 3.94. The molecule has 27 heavy (non-hydrogen) atoms. The Balaban J connectivity index is 1.89. The van der Waals surface area contributed by atoms with Crippen molar-refractivity contribution in [3.63, 3.8) is 0 Å². The molecule has 1 amide bonds. The Morgan fingerprint density at radius 2 is 2.07 bits per heavy atom. The molecule has 0 atom stereocenters. The predicted octanol–water partition coefficient (Wildman–Crippen LogP) is 3.80. The largest absolute Gasteiger partial charge is 0.282 e. The van der Waals surface area contributed by atoms with Crippen molar-refractivity contribution in [2.45, 2.75) is 13.3 Å². The first-order valence-electron chi connectivity index (χ1n) is 7.99. The molecular formula is C17H15N5O3S2. The Bertz CT molecular complexity index is 950. The number of rotatable bonds is 6. The summed E-state index contributed by atoms with van der Waals surface area (Å²) < 4.78 is 0. The van der Waals surface area contributed by atoms with E-state index >= 15 is 0 Å². The highest BCUT2D eigenvalue weighted by molar-refractivity contribution is 8.18. The van der Waals surface area contributed by atoms with Gasteiger partial charge >= 0.3 is 0 Å². The van der Waals surface area contributed by atoms with Gasteiger partial charge in [-0.05, 0) is 42.0 Å². The maximum Gasteiger partial charge on any atom is 0.269 e. The van der Waals surface area contributed by atoms with Gasteiger partial charge in [-0.1, -0.05) is 24.3 Å². The third kappa shape index (κ3) is 4.29. The van der Waals surface area contributed by atoms with Gasteiger partial charge in [0, 0.05) is 18.7 Å². The molecule has 0 spiro atoms. The van der Waals surface area contributed by atoms with Crippen molar-refractivity contribution in [3.8, 4) is 0 Å². The zero-order valence-corrected chi connectivity index (χ0v) is 16.0. The van der Waals surface area contributed by atoms with Crippen molar-refractivity contribution in [2.75, 3.05) is 6.54 Å². The number of nitrogens with zero attached hydrogens (tertiary/aromatic N) is 5. The molecule has 138 valence electrons. The molecule has 0 aliphatic carbocycles. The molecule has 8 nitrogen and oxygen atoms in total. The van der Waals surface area contributed by atoms with Crippen molar-refractivity contribution in [3.05, 3.63) is 62.5 Å². The van der Waals surface area contributed by atoms with Crippen molar-refractivity contribution < 1.29 is 9.72 Å². The topological polar surface area (TPSA) is 102 Å². The van der Waals surface area contributed by atoms with Crippen LogP contribution in [0, 0.1) is 10.1 Å². The van der Waals surface area contributed by atoms with E-state index in [4.69, 9.17) is 0 Å². The minimum absolute atomic E-state index is 0.00100. The van der Waals surface area contributed by atoms with E-state index in [2.05, 4.69) is 21.8 Å². The van der Waals surface area contributed by atoms with Gasteiger partial charge in [-0.3, -0.25) is 19.8 Å². The van der Waals surface area contributed by atoms with Crippen LogP contribution in [0.15, 0.2) is 46.8 Å². The number of hydrogen-bond acceptors (Lipinski definition) is 8. The van der Waals surface area contributed by atoms with Crippen LogP contribution in [0.1, 0.15) is 17.5 Å². The SMILES string of the molecule is C=CCN1C(=O)/C(=C\c2ccc([N+](=O)[O-])cc2)S/C1=N\c1nnc(CC)s1. The van der Waals surface area contributed by atoms with Crippen molar-refractivity contribution in [2.24, 2.45) is 4.99 Å². The summed E-state index contributed by atoms with van der Waals surface area (Å²) in [7, 11) is 0. The standard InChI is InChI=1S/C17H15N5O3S2/c1-3-9-21-15(23)13(10-11-5-7-12(8-6-11)22(24)25)26-17(21)18-16-20-19-14(4-2)27-16/h3,5-8,10H,1,4,9H2,2H3/b13-10+,18-17-. The highest BCUT2D eigenvalue weighted by Crippen LogP contribution is 2.34. The number of hydrogen-bond donors (Lipinski definition) is 0. The lowest BCUT2D eigenvalue weighted by atomic mass is 10.2. The highest BCUT2D eigenvalue weighted by Gasteiger charge is 2.33. The van der Waals surface area contributed by atoms with E-state index in [0.29, 0.717) is 27.3 Å². The average Bonchev–Trinajstić information content (AvgIpc) is 3.22. The maximum atomic E-state index is 12.7. The lowest BCUT2D eigenvalue weighted by Crippen LogP contribution is -2.29. The number of amides is 1. The quantitative estimate of drug-likeness (QED) is 0.316. The predicted molar refractivity (Wildman–Crippen MR) is 107 cm³/mol. The van der Waals surface area contributed by atoms with E-state index < -0.39 is 4.92 Å². The Hall–Kier alpha value is -2.85. The summed E-state index contributed by atoms with van der Waals surface area (Å²) >= 11 is 2.61. The number of carbonyl (C=O) groups is 1. The third-order valence-corrected chi connectivity index (χ3v) is 5.52. The molecule has 3 rings (SSSR count). The molecule has 10 heteroatoms. The van der Waals surface area contributed by atoms with Crippen LogP contribution in [0.5, 0.6) is 0 Å². The number of aromatic nitrogens is 2. The van der Waals surface area contributed by atoms with Gasteiger partial charge in [0.05, 0.1) is 9.83 Å². The second kappa shape index (κ2) is 8.23. The molecule has 0 saturated carbocycles. The Morgan fingerprint density at radius 1 is 1.33 bits per heavy atom. The number of non-ortho nitro benzene ring substituents is 1. The van der Waals surface area contributed by atoms with E-state index in [0.717, 1.165) is 11.4 Å². The van der Waals surface area contributed by atoms with E-state index in [1.165, 1.54) is 40.1 Å². The first-order chi connectivity index (χ1) is 13.0. The number of amidine groups is 1. The Kier molecular flexibility index (Phi) is 5.77. The minimum Gasteiger partial charge on any atom is -0.282 e. The summed E-state index contributed by atoms with van der Waals surface area (Å²) in [4.78, 5) is 29.4. The molecule has 1 aromatic carbocycles. The van der Waals surface area contributed by atoms with Crippen molar-refractivity contribution in [1.82, 2.24) is 15.1 Å². The number of benzene rings is 1. The summed E-state index contributed by atoms with van der Waals surface area (Å²) in [5.74, 6) is -0.197. The molecule has 1 aliphatic heterocycles. The van der Waals surface area contributed by atoms with Crippen LogP contribution >= 0.6 is 23.1 Å². The third-order valence-electron chi connectivity index (χ3n) is 3.55. The van der Waals surface area contributed by atoms with Gasteiger partial charge in [0.15, 0.2) is 5.17 Å². The van der Waals surface area contributed by atoms with Crippen LogP contribution in [-0.4, -0.2) is 37.6 Å². The zero-order chi connectivity index (χ0) is 19.4. The van der Waals surface area contributed by atoms with Crippen LogP contribution in [0.4, 0.5) is 10.8 Å². The van der Waals surface area contributed by atoms with Gasteiger partial charge < -0.3 is 0 Å². The lowest BCUT2D eigenvalue weighted by Gasteiger charge is -2.11. The maximum absolute atomic E-state index is 12.7. The summed E-state index contributed by atoms with van der Waals surface area (Å²) in [6.07, 6.45) is 4.09. The van der Waals surface area contributed by atoms with Gasteiger partial charge in [0.25, 0.3) is 11.6 Å². The minimum atomic E-state index is -0.463. The average molecular weight is 401 g/mol. The number of nitro benzene ring substituents is 1. The zero-order valence-electron chi connectivity index (χ0n) is 14.4. The van der Waals surface area contributed by atoms with E-state index in [-0.39, 0.29) is 11.6 Å². The fraction of sp³-hybridized carbons (Fsp3) is 0.176. The summed E-state index contributed by atoms with van der Waals surface area (Å²) in [5, 5.41) is 20.7. The van der Waals surface area contributed by atoms with Gasteiger partial charge in [-0.25, -0.2) is 0 Å². The molecule has 1 saturated heterocycles. The molecule has 0 unspecified atom stereocenters. The fourth-order valence-electron chi connectivity index (χ4n) is 2.24. The summed E-state index contributed by atoms with van der Waals surface area (Å²) in [6, 6.07) is 6.01. The van der Waals surface area contributed by atoms with Gasteiger partial charge in [-0.2, -0.15) is 4.99 Å². The monoisotopic (exact) mass is 401 g/mol. The van der Waals surface area contributed by atoms with Crippen LogP contribution in [0.25, 0.3) is 6.08 Å². The van der Waals surface area contributed by atoms with E-state index in [1.807, 2.05) is 6.92 Å². The molecule has 1 aromatic heterocycles. The number of carbonyl (C=O) groups excluding carboxylic acids is 1. The lowest BCUT2D eigenvalue weighted by molar-refractivity contribution is -0.384. The van der Waals surface area contributed by atoms with Crippen molar-refractivity contribution >= 4 is 51.1 Å². The molecular weight excluding hydrogens is 386 g/mol. The molecule has 0 N–H and O–H groups in total. The number of aryl methyl sites for hydroxylation is 1. The van der Waals surface area contributed by atoms with Crippen LogP contribution in [0.3, 0.4) is 0 Å². The molecule has 2 heterocycles. The highest BCUT2D eigenvalue weighted by atomic mass is 32.2. The van der Waals surface area contributed by atoms with Crippen LogP contribution in [-0.2, 0) is 11.2 Å². The van der Waals surface area contributed by atoms with Crippen LogP contribution in [0.2, 0.25) is 0 Å². The van der Waals surface area contributed by atoms with Crippen molar-refractivity contribution in [1.29, 1.82) is 0 Å². The second-order valence-electron chi connectivity index (χ2n) is 5.39. The molecule has 0 bridgehead atoms.